The number of carbonyl (C=O) groups is 1. The Morgan fingerprint density at radius 2 is 1.73 bits per heavy atom. The molecule has 1 atom stereocenters. The van der Waals surface area contributed by atoms with Gasteiger partial charge in [-0.1, -0.05) is 24.6 Å². The molecule has 1 aromatic carbocycles. The summed E-state index contributed by atoms with van der Waals surface area (Å²) < 4.78 is 0. The molecule has 0 saturated carbocycles. The quantitative estimate of drug-likeness (QED) is 0.770. The molecule has 0 aliphatic heterocycles. The molecule has 0 aliphatic carbocycles. The van der Waals surface area contributed by atoms with Crippen LogP contribution in [0.1, 0.15) is 40.4 Å². The van der Waals surface area contributed by atoms with E-state index in [0.717, 1.165) is 16.7 Å². The molecule has 0 fully saturated rings. The van der Waals surface area contributed by atoms with Gasteiger partial charge in [-0.05, 0) is 38.3 Å². The monoisotopic (exact) mass is 205 g/mol. The lowest BCUT2D eigenvalue weighted by molar-refractivity contribution is 0.0958. The summed E-state index contributed by atoms with van der Waals surface area (Å²) in [5.74, 6) is 0.0625. The maximum Gasteiger partial charge on any atom is 0.180 e. The van der Waals surface area contributed by atoms with Crippen LogP contribution in [-0.2, 0) is 0 Å². The largest absolute Gasteiger partial charge is 0.321 e. The molecule has 0 radical (unpaired) electrons. The Kier molecular flexibility index (Phi) is 3.64. The van der Waals surface area contributed by atoms with Crippen LogP contribution in [0.3, 0.4) is 0 Å². The number of rotatable bonds is 3. The van der Waals surface area contributed by atoms with Gasteiger partial charge in [-0.2, -0.15) is 0 Å². The van der Waals surface area contributed by atoms with Gasteiger partial charge in [0.1, 0.15) is 0 Å². The van der Waals surface area contributed by atoms with Crippen LogP contribution in [0.25, 0.3) is 0 Å². The van der Waals surface area contributed by atoms with Crippen LogP contribution in [0.15, 0.2) is 12.1 Å². The van der Waals surface area contributed by atoms with Gasteiger partial charge >= 0.3 is 0 Å². The Hall–Kier alpha value is -1.15. The maximum atomic E-state index is 12.0. The zero-order valence-electron chi connectivity index (χ0n) is 9.92. The third kappa shape index (κ3) is 2.45. The van der Waals surface area contributed by atoms with E-state index in [0.29, 0.717) is 6.42 Å². The molecule has 0 spiro atoms. The lowest BCUT2D eigenvalue weighted by atomic mass is 9.93. The van der Waals surface area contributed by atoms with E-state index in [1.165, 1.54) is 5.56 Å². The number of aryl methyl sites for hydroxylation is 3. The van der Waals surface area contributed by atoms with Gasteiger partial charge in [-0.3, -0.25) is 4.79 Å². The minimum absolute atomic E-state index is 0.0625. The second-order valence-corrected chi connectivity index (χ2v) is 4.15. The van der Waals surface area contributed by atoms with Gasteiger partial charge in [0.25, 0.3) is 0 Å². The number of hydrogen-bond acceptors (Lipinski definition) is 2. The summed E-state index contributed by atoms with van der Waals surface area (Å²) >= 11 is 0. The maximum absolute atomic E-state index is 12.0. The molecule has 1 aromatic rings. The fraction of sp³-hybridized carbons (Fsp3) is 0.462. The predicted octanol–water partition coefficient (Wildman–Crippen LogP) is 2.53. The summed E-state index contributed by atoms with van der Waals surface area (Å²) in [6.45, 7) is 7.90. The van der Waals surface area contributed by atoms with E-state index < -0.39 is 0 Å². The van der Waals surface area contributed by atoms with E-state index in [1.54, 1.807) is 0 Å². The topological polar surface area (TPSA) is 43.1 Å². The molecule has 0 amide bonds. The average Bonchev–Trinajstić information content (AvgIpc) is 2.14. The number of benzene rings is 1. The van der Waals surface area contributed by atoms with Gasteiger partial charge in [-0.15, -0.1) is 0 Å². The lowest BCUT2D eigenvalue weighted by Crippen LogP contribution is -2.30. The van der Waals surface area contributed by atoms with Gasteiger partial charge in [-0.25, -0.2) is 0 Å². The van der Waals surface area contributed by atoms with E-state index in [1.807, 2.05) is 39.8 Å². The number of nitrogens with two attached hydrogens (primary N) is 1. The normalized spacial score (nSPS) is 12.6. The third-order valence-electron chi connectivity index (χ3n) is 2.70. The highest BCUT2D eigenvalue weighted by atomic mass is 16.1. The van der Waals surface area contributed by atoms with Crippen LogP contribution in [0.2, 0.25) is 0 Å². The second kappa shape index (κ2) is 4.58. The van der Waals surface area contributed by atoms with Crippen LogP contribution >= 0.6 is 0 Å². The standard InChI is InChI=1S/C13H19NO/c1-5-11(14)13(15)12-9(3)6-8(2)7-10(12)4/h6-7,11H,5,14H2,1-4H3/t11-/m0/s1. The minimum atomic E-state index is -0.370. The molecule has 2 N–H and O–H groups in total. The van der Waals surface area contributed by atoms with Crippen molar-refractivity contribution in [1.82, 2.24) is 0 Å². The molecule has 1 rings (SSSR count). The van der Waals surface area contributed by atoms with Crippen molar-refractivity contribution in [3.8, 4) is 0 Å². The van der Waals surface area contributed by atoms with E-state index in [9.17, 15) is 4.79 Å². The molecule has 0 saturated heterocycles. The molecule has 2 heteroatoms. The smallest absolute Gasteiger partial charge is 0.180 e. The minimum Gasteiger partial charge on any atom is -0.321 e. The van der Waals surface area contributed by atoms with Crippen molar-refractivity contribution in [2.75, 3.05) is 0 Å². The van der Waals surface area contributed by atoms with Gasteiger partial charge in [0.05, 0.1) is 6.04 Å². The van der Waals surface area contributed by atoms with Crippen molar-refractivity contribution in [1.29, 1.82) is 0 Å². The number of Topliss-reactive ketones (excluding diaryl/α,β-unsaturated/α-hetero) is 1. The van der Waals surface area contributed by atoms with Crippen molar-refractivity contribution in [3.63, 3.8) is 0 Å². The van der Waals surface area contributed by atoms with E-state index in [2.05, 4.69) is 0 Å². The molecule has 0 bridgehead atoms. The molecule has 2 nitrogen and oxygen atoms in total. The SMILES string of the molecule is CC[C@H](N)C(=O)c1c(C)cc(C)cc1C. The first-order valence-electron chi connectivity index (χ1n) is 5.35. The van der Waals surface area contributed by atoms with Crippen molar-refractivity contribution >= 4 is 5.78 Å². The fourth-order valence-corrected chi connectivity index (χ4v) is 1.94. The Morgan fingerprint density at radius 1 is 1.27 bits per heavy atom. The van der Waals surface area contributed by atoms with Gasteiger partial charge in [0.15, 0.2) is 5.78 Å². The second-order valence-electron chi connectivity index (χ2n) is 4.15. The highest BCUT2D eigenvalue weighted by Gasteiger charge is 2.18. The molecule has 15 heavy (non-hydrogen) atoms. The molecule has 0 aromatic heterocycles. The zero-order chi connectivity index (χ0) is 11.6. The van der Waals surface area contributed by atoms with E-state index in [-0.39, 0.29) is 11.8 Å². The Labute approximate surface area is 91.5 Å². The molecule has 0 heterocycles. The fourth-order valence-electron chi connectivity index (χ4n) is 1.94. The number of carbonyl (C=O) groups excluding carboxylic acids is 1. The molecule has 82 valence electrons. The van der Waals surface area contributed by atoms with Crippen molar-refractivity contribution in [2.45, 2.75) is 40.2 Å². The molecular weight excluding hydrogens is 186 g/mol. The summed E-state index contributed by atoms with van der Waals surface area (Å²) in [6, 6.07) is 3.69. The summed E-state index contributed by atoms with van der Waals surface area (Å²) in [5, 5.41) is 0. The Morgan fingerprint density at radius 3 is 2.13 bits per heavy atom. The molecular formula is C13H19NO. The lowest BCUT2D eigenvalue weighted by Gasteiger charge is -2.13. The van der Waals surface area contributed by atoms with Crippen LogP contribution in [0.4, 0.5) is 0 Å². The number of hydrogen-bond donors (Lipinski definition) is 1. The van der Waals surface area contributed by atoms with Crippen LogP contribution in [0.5, 0.6) is 0 Å². The van der Waals surface area contributed by atoms with Crippen molar-refractivity contribution in [2.24, 2.45) is 5.73 Å². The average molecular weight is 205 g/mol. The Bertz CT molecular complexity index is 359. The van der Waals surface area contributed by atoms with Gasteiger partial charge < -0.3 is 5.73 Å². The van der Waals surface area contributed by atoms with Crippen molar-refractivity contribution < 1.29 is 4.79 Å². The first-order valence-corrected chi connectivity index (χ1v) is 5.35. The van der Waals surface area contributed by atoms with E-state index >= 15 is 0 Å². The third-order valence-corrected chi connectivity index (χ3v) is 2.70. The summed E-state index contributed by atoms with van der Waals surface area (Å²) in [5.41, 5.74) is 9.82. The summed E-state index contributed by atoms with van der Waals surface area (Å²) in [6.07, 6.45) is 0.686. The van der Waals surface area contributed by atoms with Gasteiger partial charge in [0.2, 0.25) is 0 Å². The summed E-state index contributed by atoms with van der Waals surface area (Å²) in [7, 11) is 0. The highest BCUT2D eigenvalue weighted by Crippen LogP contribution is 2.18. The first-order chi connectivity index (χ1) is 6.97. The molecule has 0 aliphatic rings. The Balaban J connectivity index is 3.20. The zero-order valence-corrected chi connectivity index (χ0v) is 9.92. The summed E-state index contributed by atoms with van der Waals surface area (Å²) in [4.78, 5) is 12.0. The predicted molar refractivity (Wildman–Crippen MR) is 63.2 cm³/mol. The van der Waals surface area contributed by atoms with Crippen LogP contribution < -0.4 is 5.73 Å². The number of ketones is 1. The highest BCUT2D eigenvalue weighted by molar-refractivity contribution is 6.02. The van der Waals surface area contributed by atoms with Crippen LogP contribution in [0, 0.1) is 20.8 Å². The van der Waals surface area contributed by atoms with Gasteiger partial charge in [0, 0.05) is 5.56 Å². The van der Waals surface area contributed by atoms with Crippen LogP contribution in [-0.4, -0.2) is 11.8 Å². The first kappa shape index (κ1) is 11.9. The van der Waals surface area contributed by atoms with Crippen molar-refractivity contribution in [3.05, 3.63) is 34.4 Å². The molecule has 0 unspecified atom stereocenters. The van der Waals surface area contributed by atoms with E-state index in [4.69, 9.17) is 5.73 Å².